The Morgan fingerprint density at radius 3 is 2.62 bits per heavy atom. The van der Waals surface area contributed by atoms with Gasteiger partial charge in [-0.15, -0.1) is 10.2 Å². The van der Waals surface area contributed by atoms with Crippen molar-refractivity contribution in [3.8, 4) is 0 Å². The van der Waals surface area contributed by atoms with Gasteiger partial charge in [0.15, 0.2) is 5.82 Å². The summed E-state index contributed by atoms with van der Waals surface area (Å²) in [6.45, 7) is 4.06. The van der Waals surface area contributed by atoms with E-state index in [-0.39, 0.29) is 5.92 Å². The van der Waals surface area contributed by atoms with Crippen LogP contribution in [-0.2, 0) is 0 Å². The Morgan fingerprint density at radius 2 is 2.00 bits per heavy atom. The zero-order valence-corrected chi connectivity index (χ0v) is 7.57. The lowest BCUT2D eigenvalue weighted by atomic mass is 10.2. The Morgan fingerprint density at radius 1 is 1.31 bits per heavy atom. The summed E-state index contributed by atoms with van der Waals surface area (Å²) in [6, 6.07) is 0. The first-order chi connectivity index (χ1) is 6.11. The van der Waals surface area contributed by atoms with Crippen LogP contribution in [0.15, 0.2) is 0 Å². The molecule has 0 unspecified atom stereocenters. The summed E-state index contributed by atoms with van der Waals surface area (Å²) in [6.07, 6.45) is 0. The quantitative estimate of drug-likeness (QED) is 0.589. The summed E-state index contributed by atoms with van der Waals surface area (Å²) < 4.78 is 1.72. The van der Waals surface area contributed by atoms with Gasteiger partial charge in [-0.1, -0.05) is 13.8 Å². The molecule has 0 aliphatic carbocycles. The molecule has 0 aromatic carbocycles. The summed E-state index contributed by atoms with van der Waals surface area (Å²) in [7, 11) is 0. The lowest BCUT2D eigenvalue weighted by Crippen LogP contribution is -1.98. The number of aromatic amines is 1. The van der Waals surface area contributed by atoms with Crippen LogP contribution in [-0.4, -0.2) is 19.8 Å². The number of nitrogens with one attached hydrogen (secondary N) is 1. The Balaban J connectivity index is 2.74. The smallest absolute Gasteiger partial charge is 0.202 e. The first-order valence-corrected chi connectivity index (χ1v) is 4.09. The van der Waals surface area contributed by atoms with Crippen LogP contribution >= 0.6 is 0 Å². The number of fused-ring (bicyclic) bond motifs is 1. The molecule has 13 heavy (non-hydrogen) atoms. The van der Waals surface area contributed by atoms with Gasteiger partial charge in [0, 0.05) is 5.92 Å². The van der Waals surface area contributed by atoms with Crippen molar-refractivity contribution in [1.82, 2.24) is 19.8 Å². The Kier molecular flexibility index (Phi) is 1.45. The van der Waals surface area contributed by atoms with Crippen molar-refractivity contribution < 1.29 is 0 Å². The van der Waals surface area contributed by atoms with E-state index in [4.69, 9.17) is 11.5 Å². The summed E-state index contributed by atoms with van der Waals surface area (Å²) in [5, 5.41) is 10.8. The molecule has 6 nitrogen and oxygen atoms in total. The van der Waals surface area contributed by atoms with Crippen molar-refractivity contribution in [2.45, 2.75) is 19.8 Å². The third kappa shape index (κ3) is 0.947. The number of hydrogen-bond acceptors (Lipinski definition) is 4. The molecule has 0 amide bonds. The zero-order valence-electron chi connectivity index (χ0n) is 7.57. The minimum atomic E-state index is 0.285. The molecule has 2 heterocycles. The fourth-order valence-electron chi connectivity index (χ4n) is 1.26. The molecule has 0 saturated heterocycles. The molecule has 70 valence electrons. The largest absolute Gasteiger partial charge is 0.393 e. The van der Waals surface area contributed by atoms with Gasteiger partial charge in [-0.2, -0.15) is 0 Å². The molecule has 0 radical (unpaired) electrons. The van der Waals surface area contributed by atoms with Crippen LogP contribution in [0.4, 0.5) is 11.5 Å². The second-order valence-electron chi connectivity index (χ2n) is 3.31. The Labute approximate surface area is 74.9 Å². The first-order valence-electron chi connectivity index (χ1n) is 4.09. The minimum Gasteiger partial charge on any atom is -0.393 e. The number of aromatic nitrogens is 4. The molecule has 6 heteroatoms. The number of rotatable bonds is 1. The Hall–Kier alpha value is -1.72. The maximum Gasteiger partial charge on any atom is 0.202 e. The molecule has 0 bridgehead atoms. The van der Waals surface area contributed by atoms with Crippen LogP contribution < -0.4 is 11.5 Å². The van der Waals surface area contributed by atoms with Gasteiger partial charge in [0.25, 0.3) is 0 Å². The second-order valence-corrected chi connectivity index (χ2v) is 3.31. The topological polar surface area (TPSA) is 98.0 Å². The molecule has 0 aliphatic heterocycles. The van der Waals surface area contributed by atoms with Crippen LogP contribution in [0, 0.1) is 0 Å². The van der Waals surface area contributed by atoms with Gasteiger partial charge in [0.05, 0.1) is 0 Å². The normalized spacial score (nSPS) is 11.6. The van der Waals surface area contributed by atoms with Crippen molar-refractivity contribution in [1.29, 1.82) is 0 Å². The van der Waals surface area contributed by atoms with E-state index in [9.17, 15) is 0 Å². The van der Waals surface area contributed by atoms with Crippen LogP contribution in [0.3, 0.4) is 0 Å². The third-order valence-electron chi connectivity index (χ3n) is 1.97. The van der Waals surface area contributed by atoms with Crippen LogP contribution in [0.2, 0.25) is 0 Å². The lowest BCUT2D eigenvalue weighted by Gasteiger charge is -1.98. The molecule has 0 atom stereocenters. The molecular weight excluding hydrogens is 168 g/mol. The van der Waals surface area contributed by atoms with Gasteiger partial charge in [0.2, 0.25) is 5.65 Å². The summed E-state index contributed by atoms with van der Waals surface area (Å²) in [5.41, 5.74) is 12.3. The van der Waals surface area contributed by atoms with E-state index in [1.54, 1.807) is 4.52 Å². The number of nitrogen functional groups attached to an aromatic ring is 2. The second kappa shape index (κ2) is 2.38. The lowest BCUT2D eigenvalue weighted by molar-refractivity contribution is 0.727. The Bertz CT molecular complexity index is 437. The van der Waals surface area contributed by atoms with Gasteiger partial charge >= 0.3 is 0 Å². The number of nitrogens with two attached hydrogens (primary N) is 2. The maximum atomic E-state index is 5.67. The van der Waals surface area contributed by atoms with Crippen LogP contribution in [0.5, 0.6) is 0 Å². The van der Waals surface area contributed by atoms with E-state index in [0.29, 0.717) is 17.2 Å². The van der Waals surface area contributed by atoms with Gasteiger partial charge in [-0.3, -0.25) is 5.10 Å². The van der Waals surface area contributed by atoms with Crippen LogP contribution in [0.1, 0.15) is 25.6 Å². The highest BCUT2D eigenvalue weighted by Crippen LogP contribution is 2.21. The van der Waals surface area contributed by atoms with E-state index in [2.05, 4.69) is 15.3 Å². The zero-order chi connectivity index (χ0) is 9.59. The molecule has 5 N–H and O–H groups in total. The number of H-pyrrole nitrogens is 1. The predicted molar refractivity (Wildman–Crippen MR) is 50.3 cm³/mol. The summed E-state index contributed by atoms with van der Waals surface area (Å²) in [5.74, 6) is 1.55. The minimum absolute atomic E-state index is 0.285. The average molecular weight is 180 g/mol. The monoisotopic (exact) mass is 180 g/mol. The molecule has 0 spiro atoms. The molecule has 2 aromatic rings. The molecular formula is C7H12N6. The standard InChI is InChI=1S/C7H12N6/c1-3(2)6-10-11-7-4(8)5(9)12-13(6)7/h3,12H,8-9H2,1-2H3. The van der Waals surface area contributed by atoms with E-state index in [1.165, 1.54) is 0 Å². The van der Waals surface area contributed by atoms with E-state index in [1.807, 2.05) is 13.8 Å². The third-order valence-corrected chi connectivity index (χ3v) is 1.97. The number of hydrogen-bond donors (Lipinski definition) is 3. The summed E-state index contributed by atoms with van der Waals surface area (Å²) >= 11 is 0. The van der Waals surface area contributed by atoms with E-state index in [0.717, 1.165) is 5.82 Å². The predicted octanol–water partition coefficient (Wildman–Crippen LogP) is 0.345. The molecule has 2 aromatic heterocycles. The van der Waals surface area contributed by atoms with Crippen molar-refractivity contribution in [2.75, 3.05) is 11.5 Å². The molecule has 0 aliphatic rings. The molecule has 0 saturated carbocycles. The maximum absolute atomic E-state index is 5.67. The highest BCUT2D eigenvalue weighted by Gasteiger charge is 2.14. The van der Waals surface area contributed by atoms with Crippen molar-refractivity contribution in [2.24, 2.45) is 0 Å². The fraction of sp³-hybridized carbons (Fsp3) is 0.429. The number of nitrogens with zero attached hydrogens (tertiary/aromatic N) is 3. The van der Waals surface area contributed by atoms with Gasteiger partial charge in [-0.25, -0.2) is 4.52 Å². The van der Waals surface area contributed by atoms with Crippen molar-refractivity contribution in [3.05, 3.63) is 5.82 Å². The SMILES string of the molecule is CC(C)c1nnc2c(N)c(N)[nH]n12. The van der Waals surface area contributed by atoms with Crippen molar-refractivity contribution in [3.63, 3.8) is 0 Å². The first kappa shape index (κ1) is 7.90. The molecule has 2 rings (SSSR count). The van der Waals surface area contributed by atoms with Crippen LogP contribution in [0.25, 0.3) is 5.65 Å². The van der Waals surface area contributed by atoms with Crippen molar-refractivity contribution >= 4 is 17.2 Å². The average Bonchev–Trinajstić information content (AvgIpc) is 2.55. The highest BCUT2D eigenvalue weighted by atomic mass is 15.4. The highest BCUT2D eigenvalue weighted by molar-refractivity contribution is 5.75. The van der Waals surface area contributed by atoms with E-state index < -0.39 is 0 Å². The van der Waals surface area contributed by atoms with E-state index >= 15 is 0 Å². The fourth-order valence-corrected chi connectivity index (χ4v) is 1.26. The number of anilines is 2. The summed E-state index contributed by atoms with van der Waals surface area (Å²) in [4.78, 5) is 0. The van der Waals surface area contributed by atoms with Gasteiger partial charge in [-0.05, 0) is 0 Å². The molecule has 0 fully saturated rings. The van der Waals surface area contributed by atoms with Gasteiger partial charge < -0.3 is 11.5 Å². The van der Waals surface area contributed by atoms with Gasteiger partial charge in [0.1, 0.15) is 11.5 Å².